The van der Waals surface area contributed by atoms with Crippen molar-refractivity contribution >= 4 is 42.5 Å². The first-order valence-electron chi connectivity index (χ1n) is 19.6. The van der Waals surface area contributed by atoms with E-state index in [-0.39, 0.29) is 0 Å². The first-order valence-corrected chi connectivity index (χ1v) is 20.4. The van der Waals surface area contributed by atoms with Crippen LogP contribution in [0.25, 0.3) is 110 Å². The fourth-order valence-electron chi connectivity index (χ4n) is 7.77. The van der Waals surface area contributed by atoms with Crippen LogP contribution in [0.4, 0.5) is 0 Å². The third-order valence-corrected chi connectivity index (χ3v) is 12.0. The maximum atomic E-state index is 5.05. The molecule has 0 atom stereocenters. The van der Waals surface area contributed by atoms with Crippen molar-refractivity contribution in [2.75, 3.05) is 0 Å². The number of thiophene rings is 1. The van der Waals surface area contributed by atoms with E-state index < -0.39 is 0 Å². The van der Waals surface area contributed by atoms with Crippen LogP contribution in [0.15, 0.2) is 200 Å². The molecule has 0 aliphatic rings. The van der Waals surface area contributed by atoms with Crippen molar-refractivity contribution < 1.29 is 0 Å². The van der Waals surface area contributed by atoms with E-state index in [4.69, 9.17) is 15.0 Å². The Morgan fingerprint density at radius 3 is 1.37 bits per heavy atom. The second kappa shape index (κ2) is 14.7. The zero-order valence-electron chi connectivity index (χ0n) is 31.7. The highest BCUT2D eigenvalue weighted by Crippen LogP contribution is 2.39. The van der Waals surface area contributed by atoms with Gasteiger partial charge in [-0.05, 0) is 74.8 Å². The third-order valence-electron chi connectivity index (χ3n) is 10.9. The first-order chi connectivity index (χ1) is 29.2. The smallest absolute Gasteiger partial charge is 0.164 e. The van der Waals surface area contributed by atoms with Gasteiger partial charge in [0.2, 0.25) is 0 Å². The fourth-order valence-corrected chi connectivity index (χ4v) is 8.92. The molecule has 11 aromatic rings. The number of nitrogens with zero attached hydrogens (tertiary/aromatic N) is 5. The van der Waals surface area contributed by atoms with Crippen molar-refractivity contribution in [3.05, 3.63) is 200 Å². The van der Waals surface area contributed by atoms with Crippen LogP contribution in [-0.2, 0) is 0 Å². The Balaban J connectivity index is 0.901. The van der Waals surface area contributed by atoms with Crippen molar-refractivity contribution in [3.63, 3.8) is 0 Å². The third kappa shape index (κ3) is 6.61. The highest BCUT2D eigenvalue weighted by atomic mass is 32.1. The first kappa shape index (κ1) is 34.6. The van der Waals surface area contributed by atoms with Gasteiger partial charge < -0.3 is 0 Å². The average Bonchev–Trinajstić information content (AvgIpc) is 3.71. The Hall–Kier alpha value is -7.67. The standard InChI is InChI=1S/C53H33N5S/c1-3-11-34(12-4-1)35-25-27-39(28-26-35)52-54-51(38-13-5-2-6-14-38)55-53(56-52)44-18-10-17-42(32-44)41-16-9-15-40(31-41)36-21-23-37(24-22-36)43-29-30-48-46(33-43)49-50(59-48)45-19-7-8-20-47(45)57-58-49/h1-33H. The van der Waals surface area contributed by atoms with Crippen LogP contribution in [0.3, 0.4) is 0 Å². The number of aromatic nitrogens is 5. The lowest BCUT2D eigenvalue weighted by molar-refractivity contribution is 1.07. The van der Waals surface area contributed by atoms with Crippen LogP contribution in [0.2, 0.25) is 0 Å². The molecule has 0 amide bonds. The van der Waals surface area contributed by atoms with E-state index in [1.54, 1.807) is 11.3 Å². The highest BCUT2D eigenvalue weighted by molar-refractivity contribution is 7.26. The molecular weight excluding hydrogens is 739 g/mol. The summed E-state index contributed by atoms with van der Waals surface area (Å²) in [5, 5.41) is 11.4. The molecule has 0 aliphatic heterocycles. The summed E-state index contributed by atoms with van der Waals surface area (Å²) in [7, 11) is 0. The van der Waals surface area contributed by atoms with Crippen molar-refractivity contribution in [3.8, 4) is 78.7 Å². The van der Waals surface area contributed by atoms with E-state index in [9.17, 15) is 0 Å². The molecule has 276 valence electrons. The molecule has 0 saturated carbocycles. The summed E-state index contributed by atoms with van der Waals surface area (Å²) in [5.41, 5.74) is 13.8. The largest absolute Gasteiger partial charge is 0.208 e. The van der Waals surface area contributed by atoms with Gasteiger partial charge in [-0.3, -0.25) is 0 Å². The molecule has 3 aromatic heterocycles. The molecule has 0 radical (unpaired) electrons. The van der Waals surface area contributed by atoms with Gasteiger partial charge in [0.1, 0.15) is 5.52 Å². The van der Waals surface area contributed by atoms with Gasteiger partial charge in [0.05, 0.1) is 10.2 Å². The molecule has 8 aromatic carbocycles. The SMILES string of the molecule is c1ccc(-c2ccc(-c3nc(-c4ccccc4)nc(-c4cccc(-c5cccc(-c6ccc(-c7ccc8sc9c%10ccccc%10nnc9c8c7)cc6)c5)c4)n3)cc2)cc1. The Morgan fingerprint density at radius 1 is 0.288 bits per heavy atom. The Morgan fingerprint density at radius 2 is 0.712 bits per heavy atom. The normalized spacial score (nSPS) is 11.4. The number of hydrogen-bond donors (Lipinski definition) is 0. The van der Waals surface area contributed by atoms with Gasteiger partial charge in [0, 0.05) is 32.2 Å². The summed E-state index contributed by atoms with van der Waals surface area (Å²) >= 11 is 1.78. The molecule has 5 nitrogen and oxygen atoms in total. The van der Waals surface area contributed by atoms with Crippen LogP contribution in [-0.4, -0.2) is 25.1 Å². The van der Waals surface area contributed by atoms with E-state index in [0.29, 0.717) is 17.5 Å². The molecule has 0 fully saturated rings. The quantitative estimate of drug-likeness (QED) is 0.161. The van der Waals surface area contributed by atoms with Gasteiger partial charge in [-0.15, -0.1) is 21.5 Å². The van der Waals surface area contributed by atoms with Crippen LogP contribution >= 0.6 is 11.3 Å². The Labute approximate surface area is 345 Å². The van der Waals surface area contributed by atoms with Crippen molar-refractivity contribution in [1.82, 2.24) is 25.1 Å². The van der Waals surface area contributed by atoms with E-state index in [2.05, 4.69) is 162 Å². The molecule has 0 saturated heterocycles. The van der Waals surface area contributed by atoms with Gasteiger partial charge in [-0.25, -0.2) is 15.0 Å². The zero-order chi connectivity index (χ0) is 39.1. The molecule has 3 heterocycles. The summed E-state index contributed by atoms with van der Waals surface area (Å²) in [6.07, 6.45) is 0. The summed E-state index contributed by atoms with van der Waals surface area (Å²) in [6, 6.07) is 69.8. The number of fused-ring (bicyclic) bond motifs is 5. The molecule has 11 rings (SSSR count). The summed E-state index contributed by atoms with van der Waals surface area (Å²) in [5.74, 6) is 1.90. The van der Waals surface area contributed by atoms with E-state index in [1.807, 2.05) is 48.5 Å². The maximum absolute atomic E-state index is 5.05. The Bertz CT molecular complexity index is 3310. The predicted octanol–water partition coefficient (Wildman–Crippen LogP) is 13.9. The lowest BCUT2D eigenvalue weighted by Gasteiger charge is -2.11. The van der Waals surface area contributed by atoms with Gasteiger partial charge in [-0.1, -0.05) is 170 Å². The second-order valence-corrected chi connectivity index (χ2v) is 15.6. The van der Waals surface area contributed by atoms with Crippen LogP contribution < -0.4 is 0 Å². The minimum Gasteiger partial charge on any atom is -0.208 e. The average molecular weight is 772 g/mol. The summed E-state index contributed by atoms with van der Waals surface area (Å²) in [6.45, 7) is 0. The molecule has 0 spiro atoms. The summed E-state index contributed by atoms with van der Waals surface area (Å²) in [4.78, 5) is 15.0. The number of rotatable bonds is 7. The highest BCUT2D eigenvalue weighted by Gasteiger charge is 2.15. The minimum atomic E-state index is 0.628. The van der Waals surface area contributed by atoms with Gasteiger partial charge in [0.25, 0.3) is 0 Å². The lowest BCUT2D eigenvalue weighted by atomic mass is 9.96. The topological polar surface area (TPSA) is 64.5 Å². The fraction of sp³-hybridized carbons (Fsp3) is 0. The molecule has 0 unspecified atom stereocenters. The second-order valence-electron chi connectivity index (χ2n) is 14.6. The van der Waals surface area contributed by atoms with E-state index >= 15 is 0 Å². The van der Waals surface area contributed by atoms with Gasteiger partial charge >= 0.3 is 0 Å². The number of benzene rings is 8. The van der Waals surface area contributed by atoms with Crippen molar-refractivity contribution in [2.24, 2.45) is 0 Å². The van der Waals surface area contributed by atoms with Crippen LogP contribution in [0.1, 0.15) is 0 Å². The van der Waals surface area contributed by atoms with Crippen molar-refractivity contribution in [1.29, 1.82) is 0 Å². The zero-order valence-corrected chi connectivity index (χ0v) is 32.5. The maximum Gasteiger partial charge on any atom is 0.164 e. The monoisotopic (exact) mass is 771 g/mol. The van der Waals surface area contributed by atoms with Gasteiger partial charge in [0.15, 0.2) is 17.5 Å². The number of hydrogen-bond acceptors (Lipinski definition) is 6. The van der Waals surface area contributed by atoms with Crippen LogP contribution in [0, 0.1) is 0 Å². The summed E-state index contributed by atoms with van der Waals surface area (Å²) < 4.78 is 2.40. The predicted molar refractivity (Wildman–Crippen MR) is 244 cm³/mol. The van der Waals surface area contributed by atoms with Crippen molar-refractivity contribution in [2.45, 2.75) is 0 Å². The van der Waals surface area contributed by atoms with Crippen LogP contribution in [0.5, 0.6) is 0 Å². The Kier molecular flexibility index (Phi) is 8.60. The van der Waals surface area contributed by atoms with E-state index in [1.165, 1.54) is 15.0 Å². The molecule has 0 aliphatic carbocycles. The molecule has 59 heavy (non-hydrogen) atoms. The molecule has 6 heteroatoms. The minimum absolute atomic E-state index is 0.628. The van der Waals surface area contributed by atoms with Gasteiger partial charge in [-0.2, -0.15) is 0 Å². The molecule has 0 bridgehead atoms. The lowest BCUT2D eigenvalue weighted by Crippen LogP contribution is -2.00. The molecule has 0 N–H and O–H groups in total. The van der Waals surface area contributed by atoms with E-state index in [0.717, 1.165) is 77.4 Å². The molecular formula is C53H33N5S.